The van der Waals surface area contributed by atoms with E-state index in [0.717, 1.165) is 21.5 Å². The van der Waals surface area contributed by atoms with E-state index in [9.17, 15) is 0 Å². The molecule has 0 radical (unpaired) electrons. The first kappa shape index (κ1) is 10.4. The molecule has 0 unspecified atom stereocenters. The van der Waals surface area contributed by atoms with Crippen LogP contribution in [0.15, 0.2) is 28.2 Å². The maximum Gasteiger partial charge on any atom is 0.174 e. The Bertz CT molecular complexity index is 416. The molecule has 0 atom stereocenters. The maximum atomic E-state index is 4.28. The Morgan fingerprint density at radius 2 is 2.47 bits per heavy atom. The zero-order valence-corrected chi connectivity index (χ0v) is 9.81. The van der Waals surface area contributed by atoms with Crippen molar-refractivity contribution in [2.75, 3.05) is 12.4 Å². The van der Waals surface area contributed by atoms with E-state index >= 15 is 0 Å². The summed E-state index contributed by atoms with van der Waals surface area (Å²) in [6.45, 7) is 0. The van der Waals surface area contributed by atoms with Gasteiger partial charge in [0.1, 0.15) is 5.51 Å². The van der Waals surface area contributed by atoms with Gasteiger partial charge in [0.2, 0.25) is 0 Å². The summed E-state index contributed by atoms with van der Waals surface area (Å²) in [4.78, 5) is 4.28. The Hall–Kier alpha value is -1.14. The number of hydrogen-bond donors (Lipinski definition) is 1. The van der Waals surface area contributed by atoms with E-state index in [1.165, 1.54) is 0 Å². The smallest absolute Gasteiger partial charge is 0.174 e. The minimum atomic E-state index is 0.824. The highest BCUT2D eigenvalue weighted by Gasteiger charge is 2.00. The Kier molecular flexibility index (Phi) is 3.52. The molecule has 0 amide bonds. The van der Waals surface area contributed by atoms with E-state index in [2.05, 4.69) is 20.5 Å². The number of thioether (sulfide) groups is 1. The Morgan fingerprint density at radius 3 is 3.20 bits per heavy atom. The van der Waals surface area contributed by atoms with Crippen LogP contribution in [0, 0.1) is 0 Å². The van der Waals surface area contributed by atoms with Gasteiger partial charge in [0, 0.05) is 24.7 Å². The molecule has 0 aromatic carbocycles. The highest BCUT2D eigenvalue weighted by Crippen LogP contribution is 2.23. The van der Waals surface area contributed by atoms with Gasteiger partial charge in [-0.3, -0.25) is 4.98 Å². The first-order valence-electron chi connectivity index (χ1n) is 4.40. The molecule has 0 fully saturated rings. The molecule has 2 aromatic rings. The van der Waals surface area contributed by atoms with Gasteiger partial charge in [-0.25, -0.2) is 0 Å². The molecule has 6 heteroatoms. The Balaban J connectivity index is 1.98. The van der Waals surface area contributed by atoms with Crippen molar-refractivity contribution in [1.82, 2.24) is 15.2 Å². The fraction of sp³-hybridized carbons (Fsp3) is 0.222. The van der Waals surface area contributed by atoms with Gasteiger partial charge in [0.15, 0.2) is 4.34 Å². The maximum absolute atomic E-state index is 4.28. The summed E-state index contributed by atoms with van der Waals surface area (Å²) in [5.41, 5.74) is 3.86. The van der Waals surface area contributed by atoms with Crippen LogP contribution in [0.3, 0.4) is 0 Å². The lowest BCUT2D eigenvalue weighted by molar-refractivity contribution is 1.01. The van der Waals surface area contributed by atoms with E-state index in [1.807, 2.05) is 25.4 Å². The summed E-state index contributed by atoms with van der Waals surface area (Å²) >= 11 is 3.20. The average molecular weight is 238 g/mol. The van der Waals surface area contributed by atoms with E-state index in [1.54, 1.807) is 28.6 Å². The lowest BCUT2D eigenvalue weighted by Crippen LogP contribution is -1.92. The topological polar surface area (TPSA) is 50.7 Å². The minimum absolute atomic E-state index is 0.824. The standard InChI is InChI=1S/C9H10N4S2/c1-10-7-2-3-11-8(4-7)5-14-9-13-12-6-15-9/h2-4,6H,5H2,1H3,(H,10,11). The van der Waals surface area contributed by atoms with Crippen molar-refractivity contribution in [1.29, 1.82) is 0 Å². The quantitative estimate of drug-likeness (QED) is 0.828. The molecule has 4 nitrogen and oxygen atoms in total. The van der Waals surface area contributed by atoms with Crippen LogP contribution in [0.25, 0.3) is 0 Å². The molecule has 0 aliphatic carbocycles. The van der Waals surface area contributed by atoms with Crippen LogP contribution < -0.4 is 5.32 Å². The van der Waals surface area contributed by atoms with Crippen LogP contribution in [0.5, 0.6) is 0 Å². The van der Waals surface area contributed by atoms with E-state index in [-0.39, 0.29) is 0 Å². The average Bonchev–Trinajstić information content (AvgIpc) is 2.79. The van der Waals surface area contributed by atoms with E-state index in [4.69, 9.17) is 0 Å². The number of pyridine rings is 1. The summed E-state index contributed by atoms with van der Waals surface area (Å²) in [5.74, 6) is 0.824. The van der Waals surface area contributed by atoms with Gasteiger partial charge in [-0.05, 0) is 12.1 Å². The van der Waals surface area contributed by atoms with Crippen LogP contribution in [0.2, 0.25) is 0 Å². The van der Waals surface area contributed by atoms with E-state index in [0.29, 0.717) is 0 Å². The number of nitrogens with one attached hydrogen (secondary N) is 1. The summed E-state index contributed by atoms with van der Waals surface area (Å²) < 4.78 is 0.978. The molecular formula is C9H10N4S2. The second kappa shape index (κ2) is 5.09. The molecule has 78 valence electrons. The van der Waals surface area contributed by atoms with Gasteiger partial charge in [-0.1, -0.05) is 23.1 Å². The van der Waals surface area contributed by atoms with Gasteiger partial charge in [0.25, 0.3) is 0 Å². The number of rotatable bonds is 4. The zero-order valence-electron chi connectivity index (χ0n) is 8.17. The molecule has 0 aliphatic rings. The zero-order chi connectivity index (χ0) is 10.5. The van der Waals surface area contributed by atoms with Crippen LogP contribution in [-0.4, -0.2) is 22.2 Å². The highest BCUT2D eigenvalue weighted by atomic mass is 32.2. The second-order valence-electron chi connectivity index (χ2n) is 2.78. The SMILES string of the molecule is CNc1ccnc(CSc2nncs2)c1. The highest BCUT2D eigenvalue weighted by molar-refractivity contribution is 8.00. The fourth-order valence-corrected chi connectivity index (χ4v) is 2.47. The molecule has 0 bridgehead atoms. The van der Waals surface area contributed by atoms with Gasteiger partial charge in [-0.2, -0.15) is 0 Å². The van der Waals surface area contributed by atoms with Crippen molar-refractivity contribution in [2.24, 2.45) is 0 Å². The van der Waals surface area contributed by atoms with E-state index < -0.39 is 0 Å². The molecule has 0 saturated carbocycles. The molecule has 2 heterocycles. The molecule has 2 rings (SSSR count). The molecule has 2 aromatic heterocycles. The van der Waals surface area contributed by atoms with Gasteiger partial charge < -0.3 is 5.32 Å². The molecule has 0 spiro atoms. The number of anilines is 1. The van der Waals surface area contributed by atoms with Crippen molar-refractivity contribution < 1.29 is 0 Å². The van der Waals surface area contributed by atoms with Crippen molar-refractivity contribution >= 4 is 28.8 Å². The minimum Gasteiger partial charge on any atom is -0.388 e. The van der Waals surface area contributed by atoms with Crippen LogP contribution in [0.1, 0.15) is 5.69 Å². The lowest BCUT2D eigenvalue weighted by Gasteiger charge is -2.02. The first-order chi connectivity index (χ1) is 7.38. The van der Waals surface area contributed by atoms with Crippen molar-refractivity contribution in [3.63, 3.8) is 0 Å². The lowest BCUT2D eigenvalue weighted by atomic mass is 10.3. The van der Waals surface area contributed by atoms with Crippen LogP contribution >= 0.6 is 23.1 Å². The second-order valence-corrected chi connectivity index (χ2v) is 4.83. The van der Waals surface area contributed by atoms with Crippen molar-refractivity contribution in [2.45, 2.75) is 10.1 Å². The summed E-state index contributed by atoms with van der Waals surface area (Å²) in [7, 11) is 1.90. The third-order valence-electron chi connectivity index (χ3n) is 1.79. The van der Waals surface area contributed by atoms with Crippen molar-refractivity contribution in [3.05, 3.63) is 29.5 Å². The fourth-order valence-electron chi connectivity index (χ4n) is 1.07. The predicted octanol–water partition coefficient (Wildman–Crippen LogP) is 2.27. The summed E-state index contributed by atoms with van der Waals surface area (Å²) in [6, 6.07) is 3.98. The van der Waals surface area contributed by atoms with Crippen LogP contribution in [0.4, 0.5) is 5.69 Å². The summed E-state index contributed by atoms with van der Waals surface area (Å²) in [5, 5.41) is 10.8. The van der Waals surface area contributed by atoms with Crippen molar-refractivity contribution in [3.8, 4) is 0 Å². The Morgan fingerprint density at radius 1 is 1.53 bits per heavy atom. The third-order valence-corrected chi connectivity index (χ3v) is 3.68. The predicted molar refractivity (Wildman–Crippen MR) is 63.3 cm³/mol. The third kappa shape index (κ3) is 2.90. The molecule has 0 aliphatic heterocycles. The normalized spacial score (nSPS) is 10.2. The molecule has 15 heavy (non-hydrogen) atoms. The summed E-state index contributed by atoms with van der Waals surface area (Å²) in [6.07, 6.45) is 1.81. The van der Waals surface area contributed by atoms with Crippen LogP contribution in [-0.2, 0) is 5.75 Å². The molecule has 1 N–H and O–H groups in total. The number of nitrogens with zero attached hydrogens (tertiary/aromatic N) is 3. The molecule has 0 saturated heterocycles. The Labute approximate surface area is 96.2 Å². The number of hydrogen-bond acceptors (Lipinski definition) is 6. The largest absolute Gasteiger partial charge is 0.388 e. The monoisotopic (exact) mass is 238 g/mol. The first-order valence-corrected chi connectivity index (χ1v) is 6.26. The van der Waals surface area contributed by atoms with Gasteiger partial charge >= 0.3 is 0 Å². The van der Waals surface area contributed by atoms with Gasteiger partial charge in [-0.15, -0.1) is 10.2 Å². The molecular weight excluding hydrogens is 228 g/mol. The number of aromatic nitrogens is 3. The van der Waals surface area contributed by atoms with Gasteiger partial charge in [0.05, 0.1) is 5.69 Å².